The first kappa shape index (κ1) is 20.7. The molecular formula is C23H16ClN3O3S2. The first-order valence-corrected chi connectivity index (χ1v) is 12.3. The van der Waals surface area contributed by atoms with Crippen LogP contribution in [-0.4, -0.2) is 18.6 Å². The number of benzene rings is 3. The molecule has 0 unspecified atom stereocenters. The first-order valence-electron chi connectivity index (χ1n) is 9.64. The summed E-state index contributed by atoms with van der Waals surface area (Å²) in [7, 11) is -3.93. The summed E-state index contributed by atoms with van der Waals surface area (Å²) in [6.07, 6.45) is 1.45. The summed E-state index contributed by atoms with van der Waals surface area (Å²) < 4.78 is 34.7. The zero-order valence-electron chi connectivity index (χ0n) is 16.6. The summed E-state index contributed by atoms with van der Waals surface area (Å²) in [5.74, 6) is 0. The number of hydrogen-bond acceptors (Lipinski definition) is 6. The third-order valence-corrected chi connectivity index (χ3v) is 8.02. The lowest BCUT2D eigenvalue weighted by Gasteiger charge is -2.22. The second kappa shape index (κ2) is 8.38. The fourth-order valence-electron chi connectivity index (χ4n) is 3.30. The molecule has 0 saturated carbocycles. The topological polar surface area (TPSA) is 76.3 Å². The molecule has 0 fully saturated rings. The molecule has 0 aliphatic rings. The van der Waals surface area contributed by atoms with Gasteiger partial charge >= 0.3 is 0 Å². The molecule has 160 valence electrons. The number of halogens is 1. The number of aromatic nitrogens is 2. The van der Waals surface area contributed by atoms with Crippen LogP contribution in [0.2, 0.25) is 5.02 Å². The van der Waals surface area contributed by atoms with E-state index in [2.05, 4.69) is 10.1 Å². The summed E-state index contributed by atoms with van der Waals surface area (Å²) in [5.41, 5.74) is 2.71. The van der Waals surface area contributed by atoms with Crippen LogP contribution in [0.1, 0.15) is 5.56 Å². The van der Waals surface area contributed by atoms with Gasteiger partial charge in [0.1, 0.15) is 12.0 Å². The molecule has 0 spiro atoms. The Bertz CT molecular complexity index is 1480. The maximum Gasteiger partial charge on any atom is 0.266 e. The van der Waals surface area contributed by atoms with Crippen LogP contribution in [0.15, 0.2) is 94.5 Å². The predicted molar refractivity (Wildman–Crippen MR) is 126 cm³/mol. The molecule has 0 aliphatic carbocycles. The fraction of sp³-hybridized carbons (Fsp3) is 0.0435. The maximum absolute atomic E-state index is 13.8. The Morgan fingerprint density at radius 2 is 1.81 bits per heavy atom. The Labute approximate surface area is 193 Å². The van der Waals surface area contributed by atoms with Gasteiger partial charge in [0, 0.05) is 16.7 Å². The summed E-state index contributed by atoms with van der Waals surface area (Å²) in [5, 5.41) is 4.83. The minimum atomic E-state index is -3.93. The molecule has 32 heavy (non-hydrogen) atoms. The Hall–Kier alpha value is -3.20. The zero-order valence-corrected chi connectivity index (χ0v) is 18.9. The van der Waals surface area contributed by atoms with Crippen LogP contribution < -0.4 is 4.31 Å². The van der Waals surface area contributed by atoms with Crippen LogP contribution in [0, 0.1) is 0 Å². The van der Waals surface area contributed by atoms with Crippen molar-refractivity contribution in [3.8, 4) is 11.3 Å². The van der Waals surface area contributed by atoms with E-state index in [1.165, 1.54) is 21.9 Å². The smallest absolute Gasteiger partial charge is 0.266 e. The van der Waals surface area contributed by atoms with Gasteiger partial charge in [-0.05, 0) is 35.9 Å². The average Bonchev–Trinajstić information content (AvgIpc) is 3.48. The lowest BCUT2D eigenvalue weighted by Crippen LogP contribution is -2.30. The molecule has 0 atom stereocenters. The van der Waals surface area contributed by atoms with Crippen LogP contribution in [0.5, 0.6) is 0 Å². The molecule has 2 heterocycles. The number of nitrogens with zero attached hydrogens (tertiary/aromatic N) is 3. The molecule has 3 aromatic carbocycles. The lowest BCUT2D eigenvalue weighted by atomic mass is 10.2. The highest BCUT2D eigenvalue weighted by Crippen LogP contribution is 2.35. The third-order valence-electron chi connectivity index (χ3n) is 4.88. The van der Waals surface area contributed by atoms with Crippen molar-refractivity contribution >= 4 is 48.3 Å². The van der Waals surface area contributed by atoms with E-state index in [0.717, 1.165) is 10.3 Å². The summed E-state index contributed by atoms with van der Waals surface area (Å²) >= 11 is 7.42. The second-order valence-corrected chi connectivity index (χ2v) is 10.3. The van der Waals surface area contributed by atoms with Gasteiger partial charge in [-0.25, -0.2) is 17.7 Å². The van der Waals surface area contributed by atoms with Crippen molar-refractivity contribution < 1.29 is 12.9 Å². The molecule has 0 N–H and O–H groups in total. The Kier molecular flexibility index (Phi) is 5.42. The number of rotatable bonds is 6. The average molecular weight is 482 g/mol. The molecule has 5 rings (SSSR count). The highest BCUT2D eigenvalue weighted by atomic mass is 35.5. The highest BCUT2D eigenvalue weighted by molar-refractivity contribution is 7.93. The first-order chi connectivity index (χ1) is 15.5. The van der Waals surface area contributed by atoms with Crippen molar-refractivity contribution in [3.05, 3.63) is 95.7 Å². The third kappa shape index (κ3) is 4.00. The van der Waals surface area contributed by atoms with E-state index in [0.29, 0.717) is 26.9 Å². The van der Waals surface area contributed by atoms with Crippen LogP contribution in [0.4, 0.5) is 5.13 Å². The Morgan fingerprint density at radius 1 is 0.969 bits per heavy atom. The fourth-order valence-corrected chi connectivity index (χ4v) is 6.08. The van der Waals surface area contributed by atoms with Crippen molar-refractivity contribution in [2.75, 3.05) is 4.31 Å². The summed E-state index contributed by atoms with van der Waals surface area (Å²) in [6.45, 7) is 0.144. The van der Waals surface area contributed by atoms with Gasteiger partial charge in [0.25, 0.3) is 10.0 Å². The van der Waals surface area contributed by atoms with Crippen LogP contribution in [0.3, 0.4) is 0 Å². The molecule has 0 radical (unpaired) electrons. The molecule has 5 aromatic rings. The SMILES string of the molecule is O=S(=O)(c1cccc(-c2ccon2)c1)N(Cc1ccccc1)c1nc2cc(Cl)ccc2s1. The van der Waals surface area contributed by atoms with E-state index in [9.17, 15) is 8.42 Å². The monoisotopic (exact) mass is 481 g/mol. The second-order valence-electron chi connectivity index (χ2n) is 7.02. The van der Waals surface area contributed by atoms with E-state index in [-0.39, 0.29) is 11.4 Å². The van der Waals surface area contributed by atoms with E-state index in [4.69, 9.17) is 16.1 Å². The number of sulfonamides is 1. The summed E-state index contributed by atoms with van der Waals surface area (Å²) in [6, 6.07) is 23.1. The van der Waals surface area contributed by atoms with Gasteiger partial charge < -0.3 is 4.52 Å². The van der Waals surface area contributed by atoms with E-state index in [1.807, 2.05) is 36.4 Å². The standard InChI is InChI=1S/C23H16ClN3O3S2/c24-18-9-10-22-21(14-18)25-23(31-22)27(15-16-5-2-1-3-6-16)32(28,29)19-8-4-7-17(13-19)20-11-12-30-26-20/h1-14H,15H2. The van der Waals surface area contributed by atoms with E-state index >= 15 is 0 Å². The number of fused-ring (bicyclic) bond motifs is 1. The molecule has 0 aliphatic heterocycles. The normalized spacial score (nSPS) is 11.7. The molecule has 0 amide bonds. The van der Waals surface area contributed by atoms with Crippen LogP contribution in [-0.2, 0) is 16.6 Å². The van der Waals surface area contributed by atoms with Gasteiger partial charge in [-0.15, -0.1) is 0 Å². The van der Waals surface area contributed by atoms with E-state index < -0.39 is 10.0 Å². The van der Waals surface area contributed by atoms with Gasteiger partial charge in [0.15, 0.2) is 0 Å². The largest absolute Gasteiger partial charge is 0.364 e. The van der Waals surface area contributed by atoms with Crippen LogP contribution in [0.25, 0.3) is 21.5 Å². The maximum atomic E-state index is 13.8. The van der Waals surface area contributed by atoms with Crippen molar-refractivity contribution in [2.24, 2.45) is 0 Å². The van der Waals surface area contributed by atoms with Crippen molar-refractivity contribution in [1.82, 2.24) is 10.1 Å². The molecular weight excluding hydrogens is 466 g/mol. The van der Waals surface area contributed by atoms with Gasteiger partial charge in [-0.2, -0.15) is 0 Å². The Morgan fingerprint density at radius 3 is 2.59 bits per heavy atom. The Balaban J connectivity index is 1.62. The van der Waals surface area contributed by atoms with Gasteiger partial charge in [-0.1, -0.05) is 70.6 Å². The summed E-state index contributed by atoms with van der Waals surface area (Å²) in [4.78, 5) is 4.73. The van der Waals surface area contributed by atoms with Crippen molar-refractivity contribution in [1.29, 1.82) is 0 Å². The van der Waals surface area contributed by atoms with Gasteiger partial charge in [0.2, 0.25) is 5.13 Å². The van der Waals surface area contributed by atoms with Gasteiger partial charge in [-0.3, -0.25) is 0 Å². The molecule has 2 aromatic heterocycles. The van der Waals surface area contributed by atoms with E-state index in [1.54, 1.807) is 42.5 Å². The molecule has 0 bridgehead atoms. The minimum absolute atomic E-state index is 0.144. The number of thiazole rings is 1. The predicted octanol–water partition coefficient (Wildman–Crippen LogP) is 6.00. The molecule has 9 heteroatoms. The number of anilines is 1. The lowest BCUT2D eigenvalue weighted by molar-refractivity contribution is 0.422. The highest BCUT2D eigenvalue weighted by Gasteiger charge is 2.28. The quantitative estimate of drug-likeness (QED) is 0.297. The molecule has 6 nitrogen and oxygen atoms in total. The van der Waals surface area contributed by atoms with Crippen molar-refractivity contribution in [3.63, 3.8) is 0 Å². The zero-order chi connectivity index (χ0) is 22.1. The molecule has 0 saturated heterocycles. The van der Waals surface area contributed by atoms with Gasteiger partial charge in [0.05, 0.1) is 21.7 Å². The van der Waals surface area contributed by atoms with Crippen molar-refractivity contribution in [2.45, 2.75) is 11.4 Å². The minimum Gasteiger partial charge on any atom is -0.364 e. The van der Waals surface area contributed by atoms with Crippen LogP contribution >= 0.6 is 22.9 Å². The number of hydrogen-bond donors (Lipinski definition) is 0.